The molecule has 6 nitrogen and oxygen atoms in total. The number of likely N-dealkylation sites (tertiary alicyclic amines) is 1. The zero-order valence-electron chi connectivity index (χ0n) is 14.8. The summed E-state index contributed by atoms with van der Waals surface area (Å²) < 4.78 is 1.98. The molecule has 2 rings (SSSR count). The zero-order valence-corrected chi connectivity index (χ0v) is 14.8. The van der Waals surface area contributed by atoms with Crippen molar-refractivity contribution in [1.82, 2.24) is 14.7 Å². The lowest BCUT2D eigenvalue weighted by Crippen LogP contribution is -2.48. The Balaban J connectivity index is 2.07. The maximum atomic E-state index is 12.6. The van der Waals surface area contributed by atoms with E-state index in [1.54, 1.807) is 11.1 Å². The fourth-order valence-corrected chi connectivity index (χ4v) is 3.20. The molecule has 2 heterocycles. The van der Waals surface area contributed by atoms with Gasteiger partial charge in [-0.05, 0) is 25.2 Å². The second-order valence-electron chi connectivity index (χ2n) is 7.36. The van der Waals surface area contributed by atoms with E-state index in [1.165, 1.54) is 0 Å². The second-order valence-corrected chi connectivity index (χ2v) is 7.36. The fourth-order valence-electron chi connectivity index (χ4n) is 3.20. The highest BCUT2D eigenvalue weighted by Gasteiger charge is 2.32. The molecule has 1 fully saturated rings. The van der Waals surface area contributed by atoms with Crippen molar-refractivity contribution < 1.29 is 9.90 Å². The molecule has 0 radical (unpaired) electrons. The summed E-state index contributed by atoms with van der Waals surface area (Å²) in [6.45, 7) is 10.7. The van der Waals surface area contributed by atoms with Gasteiger partial charge in [0.1, 0.15) is 0 Å². The molecule has 6 heteroatoms. The molecule has 0 saturated carbocycles. The SMILES string of the molecule is CCc1c(NC(=O)N2CCCC(C)(CO)C2)cnn1CC(C)C. The number of urea groups is 1. The first-order valence-electron chi connectivity index (χ1n) is 8.60. The molecule has 130 valence electrons. The largest absolute Gasteiger partial charge is 0.396 e. The molecule has 0 spiro atoms. The van der Waals surface area contributed by atoms with E-state index in [9.17, 15) is 9.90 Å². The van der Waals surface area contributed by atoms with Gasteiger partial charge in [-0.1, -0.05) is 27.7 Å². The number of amides is 2. The molecular formula is C17H30N4O2. The van der Waals surface area contributed by atoms with Gasteiger partial charge in [-0.3, -0.25) is 4.68 Å². The number of hydrogen-bond donors (Lipinski definition) is 2. The van der Waals surface area contributed by atoms with Crippen LogP contribution >= 0.6 is 0 Å². The monoisotopic (exact) mass is 322 g/mol. The number of carbonyl (C=O) groups is 1. The lowest BCUT2D eigenvalue weighted by molar-refractivity contribution is 0.0648. The molecule has 1 aromatic rings. The normalized spacial score (nSPS) is 21.7. The first kappa shape index (κ1) is 17.8. The average Bonchev–Trinajstić information content (AvgIpc) is 2.88. The summed E-state index contributed by atoms with van der Waals surface area (Å²) in [5.74, 6) is 0.510. The van der Waals surface area contributed by atoms with Crippen molar-refractivity contribution in [3.63, 3.8) is 0 Å². The standard InChI is InChI=1S/C17H30N4O2/c1-5-15-14(9-18-21(15)10-13(2)3)19-16(23)20-8-6-7-17(4,11-20)12-22/h9,13,22H,5-8,10-12H2,1-4H3,(H,19,23). The molecule has 1 aliphatic heterocycles. The maximum absolute atomic E-state index is 12.6. The third-order valence-electron chi connectivity index (χ3n) is 4.51. The molecule has 0 aliphatic carbocycles. The number of piperidine rings is 1. The maximum Gasteiger partial charge on any atom is 0.321 e. The number of aromatic nitrogens is 2. The Labute approximate surface area is 138 Å². The number of hydrogen-bond acceptors (Lipinski definition) is 3. The van der Waals surface area contributed by atoms with Gasteiger partial charge in [0.05, 0.1) is 24.2 Å². The molecule has 0 aromatic carbocycles. The van der Waals surface area contributed by atoms with Crippen molar-refractivity contribution in [2.75, 3.05) is 25.0 Å². The van der Waals surface area contributed by atoms with Crippen molar-refractivity contribution in [3.8, 4) is 0 Å². The van der Waals surface area contributed by atoms with Crippen LogP contribution in [0.25, 0.3) is 0 Å². The van der Waals surface area contributed by atoms with E-state index < -0.39 is 0 Å². The average molecular weight is 322 g/mol. The van der Waals surface area contributed by atoms with Crippen molar-refractivity contribution in [1.29, 1.82) is 0 Å². The Morgan fingerprint density at radius 1 is 1.52 bits per heavy atom. The van der Waals surface area contributed by atoms with Gasteiger partial charge in [0.2, 0.25) is 0 Å². The van der Waals surface area contributed by atoms with Crippen LogP contribution in [-0.2, 0) is 13.0 Å². The van der Waals surface area contributed by atoms with E-state index in [0.717, 1.165) is 43.7 Å². The third-order valence-corrected chi connectivity index (χ3v) is 4.51. The van der Waals surface area contributed by atoms with Gasteiger partial charge < -0.3 is 15.3 Å². The number of anilines is 1. The predicted molar refractivity (Wildman–Crippen MR) is 91.5 cm³/mol. The summed E-state index contributed by atoms with van der Waals surface area (Å²) in [6.07, 6.45) is 4.46. The summed E-state index contributed by atoms with van der Waals surface area (Å²) in [5, 5.41) is 17.0. The van der Waals surface area contributed by atoms with Gasteiger partial charge in [-0.15, -0.1) is 0 Å². The molecule has 2 amide bonds. The third kappa shape index (κ3) is 4.25. The smallest absolute Gasteiger partial charge is 0.321 e. The Bertz CT molecular complexity index is 541. The highest BCUT2D eigenvalue weighted by Crippen LogP contribution is 2.29. The Kier molecular flexibility index (Phi) is 5.68. The summed E-state index contributed by atoms with van der Waals surface area (Å²) in [4.78, 5) is 14.4. The highest BCUT2D eigenvalue weighted by atomic mass is 16.3. The number of rotatable bonds is 5. The molecular weight excluding hydrogens is 292 g/mol. The van der Waals surface area contributed by atoms with Crippen LogP contribution in [0.5, 0.6) is 0 Å². The minimum absolute atomic E-state index is 0.0943. The van der Waals surface area contributed by atoms with Gasteiger partial charge in [-0.25, -0.2) is 4.79 Å². The topological polar surface area (TPSA) is 70.4 Å². The van der Waals surface area contributed by atoms with Crippen LogP contribution in [0.3, 0.4) is 0 Å². The van der Waals surface area contributed by atoms with Crippen LogP contribution in [0.1, 0.15) is 46.2 Å². The number of aliphatic hydroxyl groups is 1. The number of aliphatic hydroxyl groups excluding tert-OH is 1. The highest BCUT2D eigenvalue weighted by molar-refractivity contribution is 5.89. The van der Waals surface area contributed by atoms with E-state index >= 15 is 0 Å². The molecule has 0 bridgehead atoms. The predicted octanol–water partition coefficient (Wildman–Crippen LogP) is 2.73. The van der Waals surface area contributed by atoms with E-state index in [-0.39, 0.29) is 18.1 Å². The first-order chi connectivity index (χ1) is 10.9. The van der Waals surface area contributed by atoms with Gasteiger partial charge in [-0.2, -0.15) is 5.10 Å². The second kappa shape index (κ2) is 7.34. The van der Waals surface area contributed by atoms with Crippen molar-refractivity contribution >= 4 is 11.7 Å². The van der Waals surface area contributed by atoms with Gasteiger partial charge in [0.25, 0.3) is 0 Å². The number of carbonyl (C=O) groups excluding carboxylic acids is 1. The van der Waals surface area contributed by atoms with E-state index in [4.69, 9.17) is 0 Å². The van der Waals surface area contributed by atoms with Crippen LogP contribution in [-0.4, -0.2) is 45.5 Å². The minimum atomic E-state index is -0.189. The first-order valence-corrected chi connectivity index (χ1v) is 8.60. The van der Waals surface area contributed by atoms with Crippen molar-refractivity contribution in [3.05, 3.63) is 11.9 Å². The molecule has 23 heavy (non-hydrogen) atoms. The molecule has 1 atom stereocenters. The van der Waals surface area contributed by atoms with Crippen LogP contribution in [0.2, 0.25) is 0 Å². The summed E-state index contributed by atoms with van der Waals surface area (Å²) in [6, 6.07) is -0.0943. The lowest BCUT2D eigenvalue weighted by atomic mass is 9.83. The quantitative estimate of drug-likeness (QED) is 0.875. The summed E-state index contributed by atoms with van der Waals surface area (Å²) in [5.41, 5.74) is 1.67. The minimum Gasteiger partial charge on any atom is -0.396 e. The van der Waals surface area contributed by atoms with E-state index in [1.807, 2.05) is 11.6 Å². The fraction of sp³-hybridized carbons (Fsp3) is 0.765. The lowest BCUT2D eigenvalue weighted by Gasteiger charge is -2.39. The van der Waals surface area contributed by atoms with Gasteiger partial charge >= 0.3 is 6.03 Å². The zero-order chi connectivity index (χ0) is 17.0. The van der Waals surface area contributed by atoms with Crippen LogP contribution in [0.4, 0.5) is 10.5 Å². The van der Waals surface area contributed by atoms with Crippen molar-refractivity contribution in [2.24, 2.45) is 11.3 Å². The molecule has 1 aromatic heterocycles. The molecule has 1 unspecified atom stereocenters. The Morgan fingerprint density at radius 2 is 2.26 bits per heavy atom. The molecule has 2 N–H and O–H groups in total. The van der Waals surface area contributed by atoms with Gasteiger partial charge in [0.15, 0.2) is 0 Å². The van der Waals surface area contributed by atoms with Crippen LogP contribution < -0.4 is 5.32 Å². The van der Waals surface area contributed by atoms with E-state index in [2.05, 4.69) is 31.2 Å². The summed E-state index contributed by atoms with van der Waals surface area (Å²) in [7, 11) is 0. The number of nitrogens with zero attached hydrogens (tertiary/aromatic N) is 3. The van der Waals surface area contributed by atoms with Crippen LogP contribution in [0.15, 0.2) is 6.20 Å². The van der Waals surface area contributed by atoms with Crippen LogP contribution in [0, 0.1) is 11.3 Å². The Morgan fingerprint density at radius 3 is 2.87 bits per heavy atom. The molecule has 1 aliphatic rings. The van der Waals surface area contributed by atoms with Crippen molar-refractivity contribution in [2.45, 2.75) is 53.5 Å². The molecule has 1 saturated heterocycles. The van der Waals surface area contributed by atoms with Gasteiger partial charge in [0, 0.05) is 25.0 Å². The Hall–Kier alpha value is -1.56. The van der Waals surface area contributed by atoms with E-state index in [0.29, 0.717) is 12.5 Å². The number of nitrogens with one attached hydrogen (secondary N) is 1. The summed E-state index contributed by atoms with van der Waals surface area (Å²) >= 11 is 0.